The van der Waals surface area contributed by atoms with E-state index in [0.29, 0.717) is 28.4 Å². The number of aliphatic hydroxyl groups is 1. The Morgan fingerprint density at radius 2 is 1.91 bits per heavy atom. The van der Waals surface area contributed by atoms with Gasteiger partial charge < -0.3 is 23.6 Å². The van der Waals surface area contributed by atoms with Gasteiger partial charge >= 0.3 is 0 Å². The average molecular weight is 485 g/mol. The summed E-state index contributed by atoms with van der Waals surface area (Å²) in [4.78, 5) is 29.7. The lowest BCUT2D eigenvalue weighted by Crippen LogP contribution is -2.44. The van der Waals surface area contributed by atoms with Gasteiger partial charge in [0.15, 0.2) is 12.2 Å². The SMILES string of the molecule is C[C@H]1[C@H]([Si](C)(C)F)[C@@H](CCO)O[C@]12C(=O)N(C)c1ccc(N3C(=O)COc4ccccc43)cc12. The van der Waals surface area contributed by atoms with Crippen LogP contribution in [-0.2, 0) is 19.9 Å². The maximum atomic E-state index is 15.5. The molecule has 9 heteroatoms. The highest BCUT2D eigenvalue weighted by Gasteiger charge is 2.66. The van der Waals surface area contributed by atoms with Crippen LogP contribution in [0.5, 0.6) is 5.75 Å². The molecule has 5 rings (SSSR count). The summed E-state index contributed by atoms with van der Waals surface area (Å²) in [7, 11) is -1.56. The zero-order valence-electron chi connectivity index (χ0n) is 19.7. The number of carbonyl (C=O) groups is 2. The predicted molar refractivity (Wildman–Crippen MR) is 129 cm³/mol. The highest BCUT2D eigenvalue weighted by molar-refractivity contribution is 6.72. The van der Waals surface area contributed by atoms with E-state index in [0.717, 1.165) is 0 Å². The quantitative estimate of drug-likeness (QED) is 0.526. The van der Waals surface area contributed by atoms with Crippen molar-refractivity contribution in [3.63, 3.8) is 0 Å². The first-order valence-electron chi connectivity index (χ1n) is 11.6. The maximum Gasteiger partial charge on any atom is 0.269 e. The zero-order valence-corrected chi connectivity index (χ0v) is 20.7. The third kappa shape index (κ3) is 3.14. The fraction of sp³-hybridized carbons (Fsp3) is 0.440. The number of para-hydroxylation sites is 2. The summed E-state index contributed by atoms with van der Waals surface area (Å²) in [6.07, 6.45) is -0.303. The van der Waals surface area contributed by atoms with Crippen LogP contribution in [0.4, 0.5) is 21.2 Å². The van der Waals surface area contributed by atoms with Crippen molar-refractivity contribution in [3.05, 3.63) is 48.0 Å². The number of hydrogen-bond acceptors (Lipinski definition) is 5. The first-order valence-corrected chi connectivity index (χ1v) is 14.5. The Morgan fingerprint density at radius 3 is 2.62 bits per heavy atom. The summed E-state index contributed by atoms with van der Waals surface area (Å²) in [6, 6.07) is 12.7. The highest BCUT2D eigenvalue weighted by Crippen LogP contribution is 2.60. The minimum Gasteiger partial charge on any atom is -0.482 e. The van der Waals surface area contributed by atoms with Crippen molar-refractivity contribution in [2.45, 2.75) is 43.7 Å². The Hall–Kier alpha value is -2.75. The van der Waals surface area contributed by atoms with Crippen LogP contribution in [-0.4, -0.2) is 51.7 Å². The molecule has 0 saturated carbocycles. The summed E-state index contributed by atoms with van der Waals surface area (Å²) >= 11 is 0. The second kappa shape index (κ2) is 7.89. The largest absolute Gasteiger partial charge is 0.482 e. The van der Waals surface area contributed by atoms with Crippen LogP contribution in [0, 0.1) is 5.92 Å². The lowest BCUT2D eigenvalue weighted by Gasteiger charge is -2.32. The summed E-state index contributed by atoms with van der Waals surface area (Å²) in [5.41, 5.74) is 0.700. The fourth-order valence-electron chi connectivity index (χ4n) is 6.06. The first-order chi connectivity index (χ1) is 16.1. The summed E-state index contributed by atoms with van der Waals surface area (Å²) in [6.45, 7) is 4.90. The molecule has 0 aromatic heterocycles. The zero-order chi connectivity index (χ0) is 24.4. The molecule has 1 fully saturated rings. The van der Waals surface area contributed by atoms with Crippen LogP contribution in [0.3, 0.4) is 0 Å². The van der Waals surface area contributed by atoms with Crippen LogP contribution in [0.15, 0.2) is 42.5 Å². The van der Waals surface area contributed by atoms with E-state index in [1.165, 1.54) is 0 Å². The molecule has 4 atom stereocenters. The number of benzene rings is 2. The molecule has 34 heavy (non-hydrogen) atoms. The Kier molecular flexibility index (Phi) is 5.34. The molecule has 1 saturated heterocycles. The van der Waals surface area contributed by atoms with Crippen LogP contribution in [0.2, 0.25) is 18.6 Å². The monoisotopic (exact) mass is 484 g/mol. The summed E-state index contributed by atoms with van der Waals surface area (Å²) < 4.78 is 27.6. The molecular weight excluding hydrogens is 455 g/mol. The van der Waals surface area contributed by atoms with Crippen molar-refractivity contribution in [1.82, 2.24) is 0 Å². The van der Waals surface area contributed by atoms with Crippen molar-refractivity contribution in [2.24, 2.45) is 5.92 Å². The van der Waals surface area contributed by atoms with Crippen molar-refractivity contribution in [3.8, 4) is 5.75 Å². The van der Waals surface area contributed by atoms with Gasteiger partial charge in [0.2, 0.25) is 8.41 Å². The van der Waals surface area contributed by atoms with Gasteiger partial charge in [-0.25, -0.2) is 0 Å². The van der Waals surface area contributed by atoms with Crippen LogP contribution in [0.1, 0.15) is 18.9 Å². The first kappa shape index (κ1) is 23.0. The number of likely N-dealkylation sites (N-methyl/N-ethyl adjacent to an activating group) is 1. The lowest BCUT2D eigenvalue weighted by atomic mass is 9.82. The van der Waals surface area contributed by atoms with E-state index in [-0.39, 0.29) is 31.4 Å². The number of anilines is 3. The van der Waals surface area contributed by atoms with Crippen LogP contribution >= 0.6 is 0 Å². The predicted octanol–water partition coefficient (Wildman–Crippen LogP) is 3.88. The van der Waals surface area contributed by atoms with Crippen molar-refractivity contribution < 1.29 is 28.3 Å². The molecule has 7 nitrogen and oxygen atoms in total. The molecule has 3 aliphatic heterocycles. The molecule has 3 heterocycles. The van der Waals surface area contributed by atoms with E-state index in [4.69, 9.17) is 9.47 Å². The molecular formula is C25H29FN2O5Si. The minimum atomic E-state index is -3.25. The number of carbonyl (C=O) groups excluding carboxylic acids is 2. The third-order valence-corrected chi connectivity index (χ3v) is 9.91. The molecule has 180 valence electrons. The Labute approximate surface area is 199 Å². The summed E-state index contributed by atoms with van der Waals surface area (Å²) in [5, 5.41) is 9.64. The van der Waals surface area contributed by atoms with Crippen molar-refractivity contribution >= 4 is 37.3 Å². The van der Waals surface area contributed by atoms with Gasteiger partial charge in [0, 0.05) is 36.4 Å². The number of ether oxygens (including phenoxy) is 2. The number of aliphatic hydroxyl groups excluding tert-OH is 1. The average Bonchev–Trinajstić information content (AvgIpc) is 3.21. The standard InChI is InChI=1S/C25H29FN2O5Si/c1-15-23(34(3,4)26)21(11-12-29)33-25(15)17-13-16(9-10-18(17)27(2)24(25)31)28-19-7-5-6-8-20(19)32-14-22(28)30/h5-10,13,15,21,23,29H,11-12,14H2,1-4H3/t15-,21+,23-,25+/m0/s1. The number of nitrogens with zero attached hydrogens (tertiary/aromatic N) is 2. The fourth-order valence-corrected chi connectivity index (χ4v) is 8.61. The van der Waals surface area contributed by atoms with E-state index in [1.807, 2.05) is 37.3 Å². The Bertz CT molecular complexity index is 1170. The van der Waals surface area contributed by atoms with Gasteiger partial charge in [-0.05, 0) is 49.8 Å². The molecule has 1 spiro atoms. The highest BCUT2D eigenvalue weighted by atomic mass is 28.4. The minimum absolute atomic E-state index is 0.0900. The van der Waals surface area contributed by atoms with Gasteiger partial charge in [-0.1, -0.05) is 19.1 Å². The third-order valence-electron chi connectivity index (χ3n) is 7.45. The summed E-state index contributed by atoms with van der Waals surface area (Å²) in [5.74, 6) is -0.303. The molecule has 3 aliphatic rings. The van der Waals surface area contributed by atoms with Gasteiger partial charge in [-0.2, -0.15) is 0 Å². The van der Waals surface area contributed by atoms with E-state index in [9.17, 15) is 14.7 Å². The van der Waals surface area contributed by atoms with Crippen molar-refractivity contribution in [2.75, 3.05) is 30.1 Å². The molecule has 2 amide bonds. The molecule has 0 unspecified atom stereocenters. The molecule has 2 aromatic rings. The van der Waals surface area contributed by atoms with E-state index in [1.54, 1.807) is 42.1 Å². The van der Waals surface area contributed by atoms with Crippen molar-refractivity contribution in [1.29, 1.82) is 0 Å². The molecule has 0 bridgehead atoms. The van der Waals surface area contributed by atoms with Gasteiger partial charge in [-0.15, -0.1) is 0 Å². The Balaban J connectivity index is 1.66. The molecule has 1 N–H and O–H groups in total. The van der Waals surface area contributed by atoms with Gasteiger partial charge in [0.25, 0.3) is 11.8 Å². The second-order valence-corrected chi connectivity index (χ2v) is 13.6. The normalized spacial score (nSPS) is 28.4. The van der Waals surface area contributed by atoms with Gasteiger partial charge in [-0.3, -0.25) is 14.5 Å². The van der Waals surface area contributed by atoms with E-state index in [2.05, 4.69) is 0 Å². The van der Waals surface area contributed by atoms with Crippen LogP contribution < -0.4 is 14.5 Å². The number of hydrogen-bond donors (Lipinski definition) is 1. The van der Waals surface area contributed by atoms with Gasteiger partial charge in [0.1, 0.15) is 5.75 Å². The molecule has 2 aromatic carbocycles. The van der Waals surface area contributed by atoms with Gasteiger partial charge in [0.05, 0.1) is 17.5 Å². The topological polar surface area (TPSA) is 79.3 Å². The maximum absolute atomic E-state index is 15.5. The number of fused-ring (bicyclic) bond motifs is 3. The molecule has 0 radical (unpaired) electrons. The lowest BCUT2D eigenvalue weighted by molar-refractivity contribution is -0.146. The smallest absolute Gasteiger partial charge is 0.269 e. The number of halogens is 1. The second-order valence-electron chi connectivity index (χ2n) is 9.83. The number of amides is 2. The molecule has 0 aliphatic carbocycles. The number of rotatable bonds is 4. The van der Waals surface area contributed by atoms with E-state index >= 15 is 4.11 Å². The Morgan fingerprint density at radius 1 is 1.18 bits per heavy atom. The van der Waals surface area contributed by atoms with E-state index < -0.39 is 31.6 Å². The van der Waals surface area contributed by atoms with Crippen LogP contribution in [0.25, 0.3) is 0 Å².